The summed E-state index contributed by atoms with van der Waals surface area (Å²) in [6, 6.07) is 2.76. The number of furan rings is 1. The minimum Gasteiger partial charge on any atom is -0.468 e. The molecule has 3 nitrogen and oxygen atoms in total. The van der Waals surface area contributed by atoms with Crippen molar-refractivity contribution in [1.82, 2.24) is 10.2 Å². The van der Waals surface area contributed by atoms with Gasteiger partial charge in [-0.3, -0.25) is 4.90 Å². The summed E-state index contributed by atoms with van der Waals surface area (Å²) in [7, 11) is 2.17. The predicted octanol–water partition coefficient (Wildman–Crippen LogP) is 3.60. The highest BCUT2D eigenvalue weighted by atomic mass is 32.2. The van der Waals surface area contributed by atoms with Crippen LogP contribution in [-0.4, -0.2) is 36.5 Å². The Morgan fingerprint density at radius 2 is 2.10 bits per heavy atom. The maximum absolute atomic E-state index is 5.66. The molecular formula is C16H30N2OS. The minimum atomic E-state index is 0.593. The van der Waals surface area contributed by atoms with Gasteiger partial charge in [-0.05, 0) is 50.9 Å². The number of hydrogen-bond donors (Lipinski definition) is 1. The second-order valence-corrected chi connectivity index (χ2v) is 6.98. The van der Waals surface area contributed by atoms with Gasteiger partial charge in [0, 0.05) is 18.2 Å². The van der Waals surface area contributed by atoms with E-state index in [9.17, 15) is 0 Å². The Morgan fingerprint density at radius 1 is 1.35 bits per heavy atom. The van der Waals surface area contributed by atoms with Crippen molar-refractivity contribution in [3.63, 3.8) is 0 Å². The zero-order valence-electron chi connectivity index (χ0n) is 13.6. The van der Waals surface area contributed by atoms with E-state index in [0.29, 0.717) is 12.0 Å². The quantitative estimate of drug-likeness (QED) is 0.714. The van der Waals surface area contributed by atoms with Crippen LogP contribution in [0.25, 0.3) is 0 Å². The fourth-order valence-electron chi connectivity index (χ4n) is 2.02. The Kier molecular flexibility index (Phi) is 8.34. The van der Waals surface area contributed by atoms with Gasteiger partial charge in [-0.15, -0.1) is 0 Å². The van der Waals surface area contributed by atoms with Gasteiger partial charge in [0.05, 0.1) is 12.8 Å². The minimum absolute atomic E-state index is 0.593. The summed E-state index contributed by atoms with van der Waals surface area (Å²) in [5, 5.41) is 3.44. The molecule has 1 aromatic heterocycles. The fraction of sp³-hybridized carbons (Fsp3) is 0.750. The first-order valence-corrected chi connectivity index (χ1v) is 8.88. The molecule has 0 aliphatic heterocycles. The molecule has 4 heteroatoms. The normalized spacial score (nSPS) is 13.3. The number of nitrogens with one attached hydrogen (secondary N) is 1. The van der Waals surface area contributed by atoms with Crippen molar-refractivity contribution >= 4 is 11.8 Å². The van der Waals surface area contributed by atoms with Gasteiger partial charge < -0.3 is 9.73 Å². The van der Waals surface area contributed by atoms with Gasteiger partial charge in [0.25, 0.3) is 0 Å². The molecule has 0 spiro atoms. The molecule has 0 saturated carbocycles. The summed E-state index contributed by atoms with van der Waals surface area (Å²) in [5.41, 5.74) is 1.24. The number of rotatable bonds is 10. The van der Waals surface area contributed by atoms with E-state index in [1.54, 1.807) is 0 Å². The molecule has 0 aliphatic rings. The third kappa shape index (κ3) is 6.82. The van der Waals surface area contributed by atoms with Crippen LogP contribution >= 0.6 is 11.8 Å². The lowest BCUT2D eigenvalue weighted by atomic mass is 10.2. The standard InChI is InChI=1S/C16H30N2OS/c1-13(2)9-17-10-15-8-16(19-12-15)11-18(4)14(3)6-7-20-5/h8,12-14,17H,6-7,9-11H2,1-5H3. The molecule has 1 N–H and O–H groups in total. The molecule has 0 aromatic carbocycles. The molecule has 1 unspecified atom stereocenters. The van der Waals surface area contributed by atoms with E-state index in [0.717, 1.165) is 25.4 Å². The van der Waals surface area contributed by atoms with Crippen LogP contribution in [0.1, 0.15) is 38.5 Å². The molecule has 116 valence electrons. The molecule has 1 rings (SSSR count). The molecule has 0 amide bonds. The summed E-state index contributed by atoms with van der Waals surface area (Å²) in [6.45, 7) is 9.56. The molecule has 0 radical (unpaired) electrons. The SMILES string of the molecule is CSCCC(C)N(C)Cc1cc(CNCC(C)C)co1. The van der Waals surface area contributed by atoms with Crippen molar-refractivity contribution in [2.75, 3.05) is 25.6 Å². The second kappa shape index (κ2) is 9.48. The van der Waals surface area contributed by atoms with E-state index in [1.165, 1.54) is 17.7 Å². The van der Waals surface area contributed by atoms with E-state index in [4.69, 9.17) is 4.42 Å². The Labute approximate surface area is 128 Å². The van der Waals surface area contributed by atoms with Gasteiger partial charge in [-0.25, -0.2) is 0 Å². The third-order valence-corrected chi connectivity index (χ3v) is 4.13. The Hall–Kier alpha value is -0.450. The third-order valence-electron chi connectivity index (χ3n) is 3.49. The summed E-state index contributed by atoms with van der Waals surface area (Å²) in [5.74, 6) is 2.96. The van der Waals surface area contributed by atoms with E-state index in [1.807, 2.05) is 18.0 Å². The summed E-state index contributed by atoms with van der Waals surface area (Å²) in [6.07, 6.45) is 5.26. The van der Waals surface area contributed by atoms with Crippen LogP contribution in [0.15, 0.2) is 16.7 Å². The molecule has 20 heavy (non-hydrogen) atoms. The van der Waals surface area contributed by atoms with Gasteiger partial charge in [-0.1, -0.05) is 13.8 Å². The number of nitrogens with zero attached hydrogens (tertiary/aromatic N) is 1. The Morgan fingerprint density at radius 3 is 2.75 bits per heavy atom. The lowest BCUT2D eigenvalue weighted by Gasteiger charge is -2.23. The highest BCUT2D eigenvalue weighted by Gasteiger charge is 2.11. The average molecular weight is 298 g/mol. The maximum atomic E-state index is 5.66. The first-order chi connectivity index (χ1) is 9.52. The topological polar surface area (TPSA) is 28.4 Å². The number of thioether (sulfide) groups is 1. The van der Waals surface area contributed by atoms with Gasteiger partial charge in [0.1, 0.15) is 5.76 Å². The highest BCUT2D eigenvalue weighted by Crippen LogP contribution is 2.13. The van der Waals surface area contributed by atoms with Crippen molar-refractivity contribution in [3.8, 4) is 0 Å². The van der Waals surface area contributed by atoms with Gasteiger partial charge in [-0.2, -0.15) is 11.8 Å². The molecule has 0 fully saturated rings. The highest BCUT2D eigenvalue weighted by molar-refractivity contribution is 7.98. The van der Waals surface area contributed by atoms with Gasteiger partial charge in [0.15, 0.2) is 0 Å². The van der Waals surface area contributed by atoms with E-state index in [2.05, 4.69) is 50.4 Å². The largest absolute Gasteiger partial charge is 0.468 e. The van der Waals surface area contributed by atoms with Crippen LogP contribution in [0.2, 0.25) is 0 Å². The van der Waals surface area contributed by atoms with Crippen molar-refractivity contribution in [2.45, 2.75) is 46.3 Å². The molecule has 1 atom stereocenters. The van der Waals surface area contributed by atoms with Crippen molar-refractivity contribution in [2.24, 2.45) is 5.92 Å². The molecule has 0 saturated heterocycles. The Balaban J connectivity index is 2.35. The van der Waals surface area contributed by atoms with Crippen molar-refractivity contribution in [1.29, 1.82) is 0 Å². The summed E-state index contributed by atoms with van der Waals surface area (Å²) in [4.78, 5) is 2.36. The first kappa shape index (κ1) is 17.6. The Bertz CT molecular complexity index is 365. The predicted molar refractivity (Wildman–Crippen MR) is 89.2 cm³/mol. The van der Waals surface area contributed by atoms with Crippen molar-refractivity contribution < 1.29 is 4.42 Å². The lowest BCUT2D eigenvalue weighted by molar-refractivity contribution is 0.226. The molecule has 1 aromatic rings. The lowest BCUT2D eigenvalue weighted by Crippen LogP contribution is -2.28. The molecule has 0 bridgehead atoms. The second-order valence-electron chi connectivity index (χ2n) is 5.99. The van der Waals surface area contributed by atoms with Crippen molar-refractivity contribution in [3.05, 3.63) is 23.7 Å². The van der Waals surface area contributed by atoms with Crippen LogP contribution in [0.4, 0.5) is 0 Å². The average Bonchev–Trinajstić information content (AvgIpc) is 2.83. The van der Waals surface area contributed by atoms with Crippen LogP contribution in [0.3, 0.4) is 0 Å². The van der Waals surface area contributed by atoms with Crippen LogP contribution in [0.5, 0.6) is 0 Å². The van der Waals surface area contributed by atoms with Crippen LogP contribution in [-0.2, 0) is 13.1 Å². The molecule has 1 heterocycles. The summed E-state index contributed by atoms with van der Waals surface area (Å²) < 4.78 is 5.66. The number of hydrogen-bond acceptors (Lipinski definition) is 4. The van der Waals surface area contributed by atoms with E-state index < -0.39 is 0 Å². The van der Waals surface area contributed by atoms with Crippen LogP contribution in [0, 0.1) is 5.92 Å². The molecular weight excluding hydrogens is 268 g/mol. The van der Waals surface area contributed by atoms with Gasteiger partial charge in [0.2, 0.25) is 0 Å². The summed E-state index contributed by atoms with van der Waals surface area (Å²) >= 11 is 1.91. The van der Waals surface area contributed by atoms with Gasteiger partial charge >= 0.3 is 0 Å². The zero-order chi connectivity index (χ0) is 15.0. The fourth-order valence-corrected chi connectivity index (χ4v) is 2.59. The smallest absolute Gasteiger partial charge is 0.118 e. The van der Waals surface area contributed by atoms with E-state index >= 15 is 0 Å². The van der Waals surface area contributed by atoms with Crippen LogP contribution < -0.4 is 5.32 Å². The van der Waals surface area contributed by atoms with E-state index in [-0.39, 0.29) is 0 Å². The first-order valence-electron chi connectivity index (χ1n) is 7.49. The maximum Gasteiger partial charge on any atom is 0.118 e. The zero-order valence-corrected chi connectivity index (χ0v) is 14.4. The molecule has 0 aliphatic carbocycles. The monoisotopic (exact) mass is 298 g/mol.